The second kappa shape index (κ2) is 6.06. The molecule has 4 heteroatoms. The molecule has 0 aromatic heterocycles. The van der Waals surface area contributed by atoms with Crippen LogP contribution in [0.1, 0.15) is 38.2 Å². The van der Waals surface area contributed by atoms with Gasteiger partial charge in [0.05, 0.1) is 5.54 Å². The zero-order valence-corrected chi connectivity index (χ0v) is 13.1. The first-order valence-corrected chi connectivity index (χ1v) is 7.70. The molecule has 3 nitrogen and oxygen atoms in total. The van der Waals surface area contributed by atoms with Gasteiger partial charge in [-0.2, -0.15) is 0 Å². The number of amides is 1. The van der Waals surface area contributed by atoms with Crippen LogP contribution >= 0.6 is 15.9 Å². The van der Waals surface area contributed by atoms with Crippen molar-refractivity contribution in [2.24, 2.45) is 0 Å². The predicted octanol–water partition coefficient (Wildman–Crippen LogP) is 3.62. The summed E-state index contributed by atoms with van der Waals surface area (Å²) in [5, 5.41) is 6.49. The van der Waals surface area contributed by atoms with E-state index in [1.165, 1.54) is 0 Å². The Kier molecular flexibility index (Phi) is 4.63. The molecule has 2 rings (SSSR count). The topological polar surface area (TPSA) is 41.1 Å². The van der Waals surface area contributed by atoms with Crippen LogP contribution in [0.3, 0.4) is 0 Å². The lowest BCUT2D eigenvalue weighted by molar-refractivity contribution is -0.122. The zero-order chi connectivity index (χ0) is 13.9. The van der Waals surface area contributed by atoms with Gasteiger partial charge in [-0.05, 0) is 50.4 Å². The number of nitrogens with one attached hydrogen (secondary N) is 2. The van der Waals surface area contributed by atoms with Crippen molar-refractivity contribution < 1.29 is 4.79 Å². The van der Waals surface area contributed by atoms with Crippen LogP contribution in [-0.2, 0) is 4.79 Å². The summed E-state index contributed by atoms with van der Waals surface area (Å²) in [5.74, 6) is 0.105. The van der Waals surface area contributed by atoms with E-state index in [0.717, 1.165) is 48.0 Å². The summed E-state index contributed by atoms with van der Waals surface area (Å²) in [6.07, 6.45) is 3.91. The quantitative estimate of drug-likeness (QED) is 0.888. The predicted molar refractivity (Wildman–Crippen MR) is 82.4 cm³/mol. The van der Waals surface area contributed by atoms with Gasteiger partial charge in [-0.25, -0.2) is 0 Å². The maximum Gasteiger partial charge on any atom is 0.244 e. The highest BCUT2D eigenvalue weighted by molar-refractivity contribution is 9.10. The molecule has 1 aromatic carbocycles. The molecule has 1 aliphatic rings. The van der Waals surface area contributed by atoms with Gasteiger partial charge < -0.3 is 10.6 Å². The smallest absolute Gasteiger partial charge is 0.244 e. The fraction of sp³-hybridized carbons (Fsp3) is 0.533. The van der Waals surface area contributed by atoms with Crippen molar-refractivity contribution in [1.82, 2.24) is 5.32 Å². The van der Waals surface area contributed by atoms with Gasteiger partial charge in [0.2, 0.25) is 5.91 Å². The molecule has 1 aliphatic heterocycles. The third-order valence-corrected chi connectivity index (χ3v) is 4.73. The van der Waals surface area contributed by atoms with E-state index in [4.69, 9.17) is 0 Å². The summed E-state index contributed by atoms with van der Waals surface area (Å²) < 4.78 is 1.02. The summed E-state index contributed by atoms with van der Waals surface area (Å²) in [7, 11) is 0. The monoisotopic (exact) mass is 324 g/mol. The van der Waals surface area contributed by atoms with E-state index in [2.05, 4.69) is 33.5 Å². The van der Waals surface area contributed by atoms with Crippen molar-refractivity contribution in [2.75, 3.05) is 11.9 Å². The fourth-order valence-electron chi connectivity index (χ4n) is 2.74. The van der Waals surface area contributed by atoms with Crippen molar-refractivity contribution in [1.29, 1.82) is 0 Å². The Morgan fingerprint density at radius 3 is 2.95 bits per heavy atom. The average Bonchev–Trinajstić information content (AvgIpc) is 2.85. The Bertz CT molecular complexity index is 467. The lowest BCUT2D eigenvalue weighted by Crippen LogP contribution is -2.50. The number of benzene rings is 1. The number of anilines is 1. The molecule has 0 bridgehead atoms. The van der Waals surface area contributed by atoms with Crippen LogP contribution in [-0.4, -0.2) is 18.0 Å². The van der Waals surface area contributed by atoms with E-state index < -0.39 is 0 Å². The maximum absolute atomic E-state index is 12.6. The lowest BCUT2D eigenvalue weighted by Gasteiger charge is -2.28. The van der Waals surface area contributed by atoms with Crippen LogP contribution in [0.25, 0.3) is 0 Å². The highest BCUT2D eigenvalue weighted by Gasteiger charge is 2.39. The Labute approximate surface area is 123 Å². The Balaban J connectivity index is 2.17. The number of hydrogen-bond acceptors (Lipinski definition) is 2. The van der Waals surface area contributed by atoms with Crippen molar-refractivity contribution >= 4 is 27.5 Å². The van der Waals surface area contributed by atoms with Gasteiger partial charge in [0.25, 0.3) is 0 Å². The number of carbonyl (C=O) groups excluding carboxylic acids is 1. The van der Waals surface area contributed by atoms with Crippen molar-refractivity contribution in [3.05, 3.63) is 28.2 Å². The number of hydrogen-bond donors (Lipinski definition) is 2. The van der Waals surface area contributed by atoms with Gasteiger partial charge in [0, 0.05) is 10.2 Å². The van der Waals surface area contributed by atoms with Gasteiger partial charge >= 0.3 is 0 Å². The molecule has 19 heavy (non-hydrogen) atoms. The minimum atomic E-state index is -0.372. The SMILES string of the molecule is CCCC1(C(=O)Nc2cccc(Br)c2C)CCCN1. The van der Waals surface area contributed by atoms with E-state index >= 15 is 0 Å². The highest BCUT2D eigenvalue weighted by Crippen LogP contribution is 2.29. The van der Waals surface area contributed by atoms with Crippen LogP contribution in [0.4, 0.5) is 5.69 Å². The van der Waals surface area contributed by atoms with Gasteiger partial charge in [-0.3, -0.25) is 4.79 Å². The van der Waals surface area contributed by atoms with Crippen LogP contribution in [0.15, 0.2) is 22.7 Å². The molecule has 1 atom stereocenters. The molecule has 1 saturated heterocycles. The number of halogens is 1. The molecular weight excluding hydrogens is 304 g/mol. The second-order valence-electron chi connectivity index (χ2n) is 5.23. The Morgan fingerprint density at radius 2 is 2.32 bits per heavy atom. The molecular formula is C15H21BrN2O. The summed E-state index contributed by atoms with van der Waals surface area (Å²) in [6, 6.07) is 5.88. The first-order chi connectivity index (χ1) is 9.09. The van der Waals surface area contributed by atoms with Crippen LogP contribution in [0.5, 0.6) is 0 Å². The summed E-state index contributed by atoms with van der Waals surface area (Å²) in [6.45, 7) is 5.07. The molecule has 0 spiro atoms. The Morgan fingerprint density at radius 1 is 1.53 bits per heavy atom. The largest absolute Gasteiger partial charge is 0.324 e. The van der Waals surface area contributed by atoms with Crippen molar-refractivity contribution in [3.8, 4) is 0 Å². The van der Waals surface area contributed by atoms with Crippen LogP contribution in [0, 0.1) is 6.92 Å². The summed E-state index contributed by atoms with van der Waals surface area (Å²) in [4.78, 5) is 12.6. The van der Waals surface area contributed by atoms with E-state index in [0.29, 0.717) is 0 Å². The summed E-state index contributed by atoms with van der Waals surface area (Å²) in [5.41, 5.74) is 1.59. The number of rotatable bonds is 4. The van der Waals surface area contributed by atoms with E-state index in [9.17, 15) is 4.79 Å². The third kappa shape index (κ3) is 3.00. The normalized spacial score (nSPS) is 22.5. The van der Waals surface area contributed by atoms with Crippen LogP contribution in [0.2, 0.25) is 0 Å². The molecule has 1 fully saturated rings. The highest BCUT2D eigenvalue weighted by atomic mass is 79.9. The minimum absolute atomic E-state index is 0.105. The molecule has 1 amide bonds. The first kappa shape index (κ1) is 14.5. The molecule has 1 heterocycles. The van der Waals surface area contributed by atoms with Crippen molar-refractivity contribution in [3.63, 3.8) is 0 Å². The standard InChI is InChI=1S/C15H21BrN2O/c1-3-8-15(9-5-10-17-15)14(19)18-13-7-4-6-12(16)11(13)2/h4,6-7,17H,3,5,8-10H2,1-2H3,(H,18,19). The zero-order valence-electron chi connectivity index (χ0n) is 11.6. The Hall–Kier alpha value is -0.870. The molecule has 104 valence electrons. The number of carbonyl (C=O) groups is 1. The molecule has 0 saturated carbocycles. The van der Waals surface area contributed by atoms with E-state index in [1.807, 2.05) is 25.1 Å². The van der Waals surface area contributed by atoms with Gasteiger partial charge in [-0.1, -0.05) is 35.3 Å². The first-order valence-electron chi connectivity index (χ1n) is 6.90. The van der Waals surface area contributed by atoms with E-state index in [-0.39, 0.29) is 11.4 Å². The average molecular weight is 325 g/mol. The van der Waals surface area contributed by atoms with Gasteiger partial charge in [0.1, 0.15) is 0 Å². The molecule has 0 aliphatic carbocycles. The second-order valence-corrected chi connectivity index (χ2v) is 6.08. The molecule has 1 aromatic rings. The van der Waals surface area contributed by atoms with Crippen molar-refractivity contribution in [2.45, 2.75) is 45.1 Å². The lowest BCUT2D eigenvalue weighted by atomic mass is 9.90. The van der Waals surface area contributed by atoms with Gasteiger partial charge in [0.15, 0.2) is 0 Å². The summed E-state index contributed by atoms with van der Waals surface area (Å²) >= 11 is 3.50. The van der Waals surface area contributed by atoms with Crippen LogP contribution < -0.4 is 10.6 Å². The third-order valence-electron chi connectivity index (χ3n) is 3.87. The van der Waals surface area contributed by atoms with Gasteiger partial charge in [-0.15, -0.1) is 0 Å². The maximum atomic E-state index is 12.6. The molecule has 1 unspecified atom stereocenters. The fourth-order valence-corrected chi connectivity index (χ4v) is 3.10. The van der Waals surface area contributed by atoms with E-state index in [1.54, 1.807) is 0 Å². The minimum Gasteiger partial charge on any atom is -0.324 e. The molecule has 0 radical (unpaired) electrons. The molecule has 2 N–H and O–H groups in total.